The van der Waals surface area contributed by atoms with E-state index in [2.05, 4.69) is 27.7 Å². The first-order valence-electron chi connectivity index (χ1n) is 13.0. The van der Waals surface area contributed by atoms with Gasteiger partial charge in [0.05, 0.1) is 0 Å². The highest BCUT2D eigenvalue weighted by atomic mass is 32.2. The summed E-state index contributed by atoms with van der Waals surface area (Å²) in [5, 5.41) is 8.43. The molecule has 9 heteroatoms. The van der Waals surface area contributed by atoms with E-state index in [-0.39, 0.29) is 19.6 Å². The third kappa shape index (κ3) is 19.3. The van der Waals surface area contributed by atoms with Gasteiger partial charge in [-0.15, -0.1) is 0 Å². The van der Waals surface area contributed by atoms with Crippen molar-refractivity contribution in [1.82, 2.24) is 0 Å². The summed E-state index contributed by atoms with van der Waals surface area (Å²) in [5.41, 5.74) is 2.18. The van der Waals surface area contributed by atoms with Crippen LogP contribution in [0.2, 0.25) is 0 Å². The number of alkyl halides is 5. The quantitative estimate of drug-likeness (QED) is 0.122. The van der Waals surface area contributed by atoms with Crippen LogP contribution in [-0.4, -0.2) is 38.9 Å². The van der Waals surface area contributed by atoms with E-state index >= 15 is 0 Å². The maximum absolute atomic E-state index is 12.7. The Kier molecular flexibility index (Phi) is 20.4. The van der Waals surface area contributed by atoms with Crippen LogP contribution >= 0.6 is 0 Å². The van der Waals surface area contributed by atoms with Crippen molar-refractivity contribution in [3.63, 3.8) is 0 Å². The molecular weight excluding hydrogens is 523 g/mol. The number of rotatable bonds is 16. The van der Waals surface area contributed by atoms with Crippen molar-refractivity contribution in [2.24, 2.45) is 5.92 Å². The molecule has 1 atom stereocenters. The van der Waals surface area contributed by atoms with Gasteiger partial charge in [0, 0.05) is 34.8 Å². The maximum atomic E-state index is 12.7. The second-order valence-corrected chi connectivity index (χ2v) is 11.6. The summed E-state index contributed by atoms with van der Waals surface area (Å²) in [6, 6.07) is 7.89. The molecule has 0 spiro atoms. The molecule has 1 unspecified atom stereocenters. The van der Waals surface area contributed by atoms with Crippen molar-refractivity contribution < 1.29 is 36.1 Å². The molecule has 0 radical (unpaired) electrons. The molecule has 0 aliphatic heterocycles. The fraction of sp³-hybridized carbons (Fsp3) is 0.690. The van der Waals surface area contributed by atoms with E-state index in [1.165, 1.54) is 24.8 Å². The van der Waals surface area contributed by atoms with Crippen LogP contribution in [0.25, 0.3) is 6.08 Å². The van der Waals surface area contributed by atoms with Crippen LogP contribution in [0.5, 0.6) is 0 Å². The van der Waals surface area contributed by atoms with E-state index in [1.807, 2.05) is 24.3 Å². The van der Waals surface area contributed by atoms with Gasteiger partial charge in [-0.3, -0.25) is 4.21 Å². The minimum absolute atomic E-state index is 0. The number of hydrogen-bond acceptors (Lipinski definition) is 2. The Morgan fingerprint density at radius 1 is 0.868 bits per heavy atom. The highest BCUT2D eigenvalue weighted by Crippen LogP contribution is 2.38. The molecule has 0 saturated heterocycles. The average molecular weight is 571 g/mol. The molecule has 0 heterocycles. The molecule has 38 heavy (non-hydrogen) atoms. The number of hydrogen-bond donors (Lipinski definition) is 1. The first-order valence-corrected chi connectivity index (χ1v) is 14.4. The van der Waals surface area contributed by atoms with Crippen molar-refractivity contribution in [3.05, 3.63) is 41.5 Å². The minimum Gasteiger partial charge on any atom is -0.478 e. The predicted molar refractivity (Wildman–Crippen MR) is 149 cm³/mol. The Hall–Kier alpha value is -1.77. The first kappa shape index (κ1) is 38.4. The molecule has 1 aromatic carbocycles. The van der Waals surface area contributed by atoms with Gasteiger partial charge in [-0.2, -0.15) is 22.0 Å². The molecule has 0 bridgehead atoms. The molecule has 0 amide bonds. The van der Waals surface area contributed by atoms with Gasteiger partial charge in [0.2, 0.25) is 0 Å². The van der Waals surface area contributed by atoms with Gasteiger partial charge in [-0.1, -0.05) is 97.9 Å². The fourth-order valence-corrected chi connectivity index (χ4v) is 4.58. The topological polar surface area (TPSA) is 54.4 Å². The van der Waals surface area contributed by atoms with Gasteiger partial charge >= 0.3 is 18.1 Å². The van der Waals surface area contributed by atoms with Crippen LogP contribution < -0.4 is 0 Å². The average Bonchev–Trinajstić information content (AvgIpc) is 2.79. The number of aliphatic carboxylic acids is 1. The Bertz CT molecular complexity index is 803. The molecule has 0 aliphatic carbocycles. The van der Waals surface area contributed by atoms with E-state index in [0.29, 0.717) is 11.7 Å². The Morgan fingerprint density at radius 3 is 1.84 bits per heavy atom. The lowest BCUT2D eigenvalue weighted by Gasteiger charge is -2.19. The number of benzene rings is 1. The van der Waals surface area contributed by atoms with Crippen LogP contribution in [0.1, 0.15) is 110 Å². The predicted octanol–water partition coefficient (Wildman–Crippen LogP) is 9.64. The van der Waals surface area contributed by atoms with Crippen molar-refractivity contribution in [2.75, 3.05) is 11.5 Å². The standard InChI is InChI=1S/C16H29F5OS.C12H14O2.CH4/c1-14(2)10-7-5-3-4-6-8-12-23(22)13-9-11-15(17,18)16(19,20)21;1-9(2)11-6-3-10(4-7-11)5-8-12(13)14;/h14H,3-13H2,1-2H3;3-9H,1-2H3,(H,13,14);1H4/b;8-5+;. The second-order valence-electron chi connectivity index (χ2n) is 9.95. The molecule has 1 N–H and O–H groups in total. The number of halogens is 5. The van der Waals surface area contributed by atoms with Gasteiger partial charge in [0.15, 0.2) is 0 Å². The summed E-state index contributed by atoms with van der Waals surface area (Å²) >= 11 is 0. The summed E-state index contributed by atoms with van der Waals surface area (Å²) in [6.07, 6.45) is 3.09. The zero-order valence-electron chi connectivity index (χ0n) is 22.5. The van der Waals surface area contributed by atoms with Gasteiger partial charge in [0.1, 0.15) is 0 Å². The van der Waals surface area contributed by atoms with Crippen LogP contribution in [0.3, 0.4) is 0 Å². The van der Waals surface area contributed by atoms with Gasteiger partial charge < -0.3 is 5.11 Å². The molecule has 1 aromatic rings. The molecule has 222 valence electrons. The number of carbonyl (C=O) groups is 1. The second kappa shape index (κ2) is 20.2. The molecule has 3 nitrogen and oxygen atoms in total. The summed E-state index contributed by atoms with van der Waals surface area (Å²) in [7, 11) is -1.30. The third-order valence-corrected chi connectivity index (χ3v) is 7.19. The minimum atomic E-state index is -5.51. The van der Waals surface area contributed by atoms with Crippen molar-refractivity contribution >= 4 is 22.8 Å². The molecular formula is C29H47F5O3S. The normalized spacial score (nSPS) is 12.8. The molecule has 1 rings (SSSR count). The molecule has 0 aromatic heterocycles. The SMILES string of the molecule is C.CC(C)CCCCCCCCS(=O)CCCC(F)(F)C(F)(F)F.CC(C)c1ccc(/C=C/C(=O)O)cc1. The smallest absolute Gasteiger partial charge is 0.453 e. The maximum Gasteiger partial charge on any atom is 0.453 e. The molecule has 0 aliphatic rings. The zero-order chi connectivity index (χ0) is 28.5. The summed E-state index contributed by atoms with van der Waals surface area (Å²) in [4.78, 5) is 10.3. The van der Waals surface area contributed by atoms with E-state index < -0.39 is 35.3 Å². The summed E-state index contributed by atoms with van der Waals surface area (Å²) in [6.45, 7) is 8.64. The van der Waals surface area contributed by atoms with Crippen molar-refractivity contribution in [1.29, 1.82) is 0 Å². The van der Waals surface area contributed by atoms with Crippen molar-refractivity contribution in [2.45, 2.75) is 111 Å². The fourth-order valence-electron chi connectivity index (χ4n) is 3.38. The highest BCUT2D eigenvalue weighted by Gasteiger charge is 2.56. The first-order chi connectivity index (χ1) is 17.2. The van der Waals surface area contributed by atoms with Crippen LogP contribution in [-0.2, 0) is 15.6 Å². The third-order valence-electron chi connectivity index (χ3n) is 5.70. The molecule has 0 saturated carbocycles. The summed E-state index contributed by atoms with van der Waals surface area (Å²) in [5.74, 6) is -4.05. The lowest BCUT2D eigenvalue weighted by Crippen LogP contribution is -2.36. The largest absolute Gasteiger partial charge is 0.478 e. The van der Waals surface area contributed by atoms with E-state index in [4.69, 9.17) is 5.11 Å². The number of unbranched alkanes of at least 4 members (excludes halogenated alkanes) is 5. The van der Waals surface area contributed by atoms with Gasteiger partial charge in [-0.25, -0.2) is 4.79 Å². The Morgan fingerprint density at radius 2 is 1.37 bits per heavy atom. The van der Waals surface area contributed by atoms with Crippen LogP contribution in [0.15, 0.2) is 30.3 Å². The van der Waals surface area contributed by atoms with E-state index in [1.54, 1.807) is 6.08 Å². The van der Waals surface area contributed by atoms with Gasteiger partial charge in [0.25, 0.3) is 0 Å². The summed E-state index contributed by atoms with van der Waals surface area (Å²) < 4.78 is 72.8. The van der Waals surface area contributed by atoms with Crippen molar-refractivity contribution in [3.8, 4) is 0 Å². The number of carboxylic acids is 1. The van der Waals surface area contributed by atoms with Gasteiger partial charge in [-0.05, 0) is 41.9 Å². The Labute approximate surface area is 228 Å². The molecule has 0 fully saturated rings. The monoisotopic (exact) mass is 570 g/mol. The van der Waals surface area contributed by atoms with E-state index in [9.17, 15) is 31.0 Å². The lowest BCUT2D eigenvalue weighted by molar-refractivity contribution is -0.284. The van der Waals surface area contributed by atoms with E-state index in [0.717, 1.165) is 43.2 Å². The lowest BCUT2D eigenvalue weighted by atomic mass is 10.0. The van der Waals surface area contributed by atoms with Crippen LogP contribution in [0.4, 0.5) is 22.0 Å². The zero-order valence-corrected chi connectivity index (χ0v) is 23.3. The van der Waals surface area contributed by atoms with Crippen LogP contribution in [0, 0.1) is 5.92 Å². The Balaban J connectivity index is 0. The number of carboxylic acid groups (broad SMARTS) is 1. The highest BCUT2D eigenvalue weighted by molar-refractivity contribution is 7.84.